The van der Waals surface area contributed by atoms with E-state index in [4.69, 9.17) is 9.84 Å². The summed E-state index contributed by atoms with van der Waals surface area (Å²) in [7, 11) is 0. The summed E-state index contributed by atoms with van der Waals surface area (Å²) in [5, 5.41) is 18.4. The van der Waals surface area contributed by atoms with Gasteiger partial charge in [-0.05, 0) is 31.4 Å². The fourth-order valence-electron chi connectivity index (χ4n) is 2.78. The molecule has 1 aliphatic rings. The van der Waals surface area contributed by atoms with Crippen molar-refractivity contribution < 1.29 is 19.0 Å². The molecule has 1 heterocycles. The van der Waals surface area contributed by atoms with E-state index in [1.54, 1.807) is 12.4 Å². The lowest BCUT2D eigenvalue weighted by atomic mass is 10.1. The second-order valence-corrected chi connectivity index (χ2v) is 5.57. The monoisotopic (exact) mass is 319 g/mol. The van der Waals surface area contributed by atoms with Crippen molar-refractivity contribution in [1.29, 1.82) is 0 Å². The summed E-state index contributed by atoms with van der Waals surface area (Å²) >= 11 is 0. The lowest BCUT2D eigenvalue weighted by Gasteiger charge is -2.21. The number of rotatable bonds is 5. The van der Waals surface area contributed by atoms with Gasteiger partial charge in [0.15, 0.2) is 5.75 Å². The Hall–Kier alpha value is -2.41. The highest BCUT2D eigenvalue weighted by Gasteiger charge is 2.30. The highest BCUT2D eigenvalue weighted by Crippen LogP contribution is 2.24. The van der Waals surface area contributed by atoms with Crippen molar-refractivity contribution in [2.75, 3.05) is 0 Å². The first kappa shape index (κ1) is 15.5. The van der Waals surface area contributed by atoms with E-state index in [9.17, 15) is 9.18 Å². The fourth-order valence-corrected chi connectivity index (χ4v) is 2.78. The Bertz CT molecular complexity index is 675. The van der Waals surface area contributed by atoms with Crippen LogP contribution in [0.25, 0.3) is 0 Å². The normalized spacial score (nSPS) is 20.4. The van der Waals surface area contributed by atoms with Crippen molar-refractivity contribution in [1.82, 2.24) is 15.5 Å². The lowest BCUT2D eigenvalue weighted by molar-refractivity contribution is 0.0893. The number of amides is 1. The number of carbonyl (C=O) groups is 1. The summed E-state index contributed by atoms with van der Waals surface area (Å²) in [6.07, 6.45) is 5.71. The SMILES string of the molecule is O=C(N[C@H]1CCC[C@H]1Oc1cn[nH]c1)c1ccc(CO)c(F)c1. The molecular weight excluding hydrogens is 301 g/mol. The number of aromatic amines is 1. The minimum atomic E-state index is -0.585. The van der Waals surface area contributed by atoms with Crippen molar-refractivity contribution in [3.05, 3.63) is 47.5 Å². The number of carbonyl (C=O) groups excluding carboxylic acids is 1. The van der Waals surface area contributed by atoms with Gasteiger partial charge in [-0.2, -0.15) is 5.10 Å². The predicted molar refractivity (Wildman–Crippen MR) is 80.4 cm³/mol. The minimum absolute atomic E-state index is 0.127. The molecule has 122 valence electrons. The molecule has 2 atom stereocenters. The first-order chi connectivity index (χ1) is 11.2. The Kier molecular flexibility index (Phi) is 4.57. The van der Waals surface area contributed by atoms with Crippen molar-refractivity contribution in [2.45, 2.75) is 38.0 Å². The van der Waals surface area contributed by atoms with E-state index in [-0.39, 0.29) is 29.2 Å². The van der Waals surface area contributed by atoms with Gasteiger partial charge in [0, 0.05) is 11.1 Å². The topological polar surface area (TPSA) is 87.2 Å². The van der Waals surface area contributed by atoms with Crippen LogP contribution in [0.15, 0.2) is 30.6 Å². The first-order valence-corrected chi connectivity index (χ1v) is 7.53. The van der Waals surface area contributed by atoms with Gasteiger partial charge in [-0.15, -0.1) is 0 Å². The van der Waals surface area contributed by atoms with Crippen LogP contribution in [0, 0.1) is 5.82 Å². The Labute approximate surface area is 132 Å². The van der Waals surface area contributed by atoms with Crippen LogP contribution in [0.3, 0.4) is 0 Å². The van der Waals surface area contributed by atoms with Crippen LogP contribution in [0.5, 0.6) is 5.75 Å². The van der Waals surface area contributed by atoms with Gasteiger partial charge in [0.25, 0.3) is 5.91 Å². The Morgan fingerprint density at radius 2 is 2.35 bits per heavy atom. The van der Waals surface area contributed by atoms with Gasteiger partial charge in [-0.3, -0.25) is 9.89 Å². The van der Waals surface area contributed by atoms with E-state index >= 15 is 0 Å². The maximum Gasteiger partial charge on any atom is 0.251 e. The van der Waals surface area contributed by atoms with Crippen molar-refractivity contribution in [3.8, 4) is 5.75 Å². The van der Waals surface area contributed by atoms with Gasteiger partial charge in [0.05, 0.1) is 25.0 Å². The fraction of sp³-hybridized carbons (Fsp3) is 0.375. The van der Waals surface area contributed by atoms with Gasteiger partial charge >= 0.3 is 0 Å². The molecule has 0 radical (unpaired) electrons. The number of hydrogen-bond acceptors (Lipinski definition) is 4. The standard InChI is InChI=1S/C16H18FN3O3/c17-13-6-10(4-5-11(13)9-21)16(22)20-14-2-1-3-15(14)23-12-7-18-19-8-12/h4-8,14-15,21H,1-3,9H2,(H,18,19)(H,20,22)/t14-,15+/m0/s1. The third-order valence-electron chi connectivity index (χ3n) is 4.02. The van der Waals surface area contributed by atoms with Crippen molar-refractivity contribution in [2.24, 2.45) is 0 Å². The number of aromatic nitrogens is 2. The van der Waals surface area contributed by atoms with Gasteiger partial charge in [-0.25, -0.2) is 4.39 Å². The van der Waals surface area contributed by atoms with E-state index in [2.05, 4.69) is 15.5 Å². The number of nitrogens with one attached hydrogen (secondary N) is 2. The maximum absolute atomic E-state index is 13.7. The second kappa shape index (κ2) is 6.78. The van der Waals surface area contributed by atoms with E-state index in [1.165, 1.54) is 12.1 Å². The Morgan fingerprint density at radius 1 is 1.48 bits per heavy atom. The van der Waals surface area contributed by atoms with Crippen LogP contribution >= 0.6 is 0 Å². The maximum atomic E-state index is 13.7. The molecule has 0 spiro atoms. The average Bonchev–Trinajstić information content (AvgIpc) is 3.20. The molecule has 1 fully saturated rings. The van der Waals surface area contributed by atoms with E-state index in [1.807, 2.05) is 0 Å². The molecule has 1 aromatic heterocycles. The van der Waals surface area contributed by atoms with Crippen LogP contribution in [0.1, 0.15) is 35.2 Å². The average molecular weight is 319 g/mol. The number of ether oxygens (including phenoxy) is 1. The van der Waals surface area contributed by atoms with Crippen LogP contribution in [-0.2, 0) is 6.61 Å². The van der Waals surface area contributed by atoms with Crippen LogP contribution in [0.4, 0.5) is 4.39 Å². The molecule has 3 N–H and O–H groups in total. The Morgan fingerprint density at radius 3 is 3.04 bits per heavy atom. The number of halogens is 1. The molecule has 1 amide bonds. The molecule has 0 bridgehead atoms. The van der Waals surface area contributed by atoms with Crippen LogP contribution < -0.4 is 10.1 Å². The van der Waals surface area contributed by atoms with Crippen LogP contribution in [0.2, 0.25) is 0 Å². The summed E-state index contributed by atoms with van der Waals surface area (Å²) < 4.78 is 19.5. The smallest absolute Gasteiger partial charge is 0.251 e. The number of hydrogen-bond donors (Lipinski definition) is 3. The molecule has 1 saturated carbocycles. The molecule has 0 aliphatic heterocycles. The summed E-state index contributed by atoms with van der Waals surface area (Å²) in [6.45, 7) is -0.392. The van der Waals surface area contributed by atoms with Crippen molar-refractivity contribution >= 4 is 5.91 Å². The summed E-state index contributed by atoms with van der Waals surface area (Å²) in [4.78, 5) is 12.3. The zero-order chi connectivity index (χ0) is 16.2. The molecule has 0 unspecified atom stereocenters. The predicted octanol–water partition coefficient (Wildman–Crippen LogP) is 1.77. The quantitative estimate of drug-likeness (QED) is 0.784. The number of benzene rings is 1. The zero-order valence-corrected chi connectivity index (χ0v) is 12.5. The third kappa shape index (κ3) is 3.50. The number of aliphatic hydroxyl groups excluding tert-OH is 1. The molecule has 7 heteroatoms. The van der Waals surface area contributed by atoms with Crippen LogP contribution in [-0.4, -0.2) is 33.4 Å². The summed E-state index contributed by atoms with van der Waals surface area (Å²) in [5.74, 6) is -0.298. The molecule has 3 rings (SSSR count). The molecule has 6 nitrogen and oxygen atoms in total. The van der Waals surface area contributed by atoms with Gasteiger partial charge < -0.3 is 15.2 Å². The summed E-state index contributed by atoms with van der Waals surface area (Å²) in [6, 6.07) is 3.93. The number of aliphatic hydroxyl groups is 1. The molecule has 2 aromatic rings. The second-order valence-electron chi connectivity index (χ2n) is 5.57. The molecule has 23 heavy (non-hydrogen) atoms. The van der Waals surface area contributed by atoms with Gasteiger partial charge in [0.2, 0.25) is 0 Å². The third-order valence-corrected chi connectivity index (χ3v) is 4.02. The molecular formula is C16H18FN3O3. The molecule has 1 aliphatic carbocycles. The van der Waals surface area contributed by atoms with Gasteiger partial charge in [-0.1, -0.05) is 6.07 Å². The number of nitrogens with zero attached hydrogens (tertiary/aromatic N) is 1. The lowest BCUT2D eigenvalue weighted by Crippen LogP contribution is -2.42. The minimum Gasteiger partial charge on any atom is -0.485 e. The molecule has 1 aromatic carbocycles. The van der Waals surface area contributed by atoms with E-state index in [0.717, 1.165) is 25.3 Å². The highest BCUT2D eigenvalue weighted by molar-refractivity contribution is 5.94. The van der Waals surface area contributed by atoms with Crippen molar-refractivity contribution in [3.63, 3.8) is 0 Å². The Balaban J connectivity index is 1.65. The number of H-pyrrole nitrogens is 1. The summed E-state index contributed by atoms with van der Waals surface area (Å²) in [5.41, 5.74) is 0.400. The van der Waals surface area contributed by atoms with E-state index < -0.39 is 12.4 Å². The largest absolute Gasteiger partial charge is 0.485 e. The van der Waals surface area contributed by atoms with E-state index in [0.29, 0.717) is 5.75 Å². The first-order valence-electron chi connectivity index (χ1n) is 7.53. The highest BCUT2D eigenvalue weighted by atomic mass is 19.1. The zero-order valence-electron chi connectivity index (χ0n) is 12.5. The molecule has 0 saturated heterocycles. The van der Waals surface area contributed by atoms with Gasteiger partial charge in [0.1, 0.15) is 11.9 Å².